The first kappa shape index (κ1) is 7.60. The fraction of sp³-hybridized carbons (Fsp3) is 0.333. The molecule has 1 aromatic carbocycles. The van der Waals surface area contributed by atoms with Crippen LogP contribution in [-0.4, -0.2) is 0 Å². The van der Waals surface area contributed by atoms with Gasteiger partial charge in [-0.2, -0.15) is 0 Å². The largest absolute Gasteiger partial charge is 0.0627 e. The molecule has 0 spiro atoms. The van der Waals surface area contributed by atoms with Gasteiger partial charge in [-0.15, -0.1) is 0 Å². The number of rotatable bonds is 0. The third-order valence-corrected chi connectivity index (χ3v) is 2.99. The van der Waals surface area contributed by atoms with E-state index in [1.807, 2.05) is 0 Å². The zero-order chi connectivity index (χ0) is 8.77. The van der Waals surface area contributed by atoms with Gasteiger partial charge in [-0.25, -0.2) is 0 Å². The maximum Gasteiger partial charge on any atom is 0.0112 e. The van der Waals surface area contributed by atoms with Crippen LogP contribution in [0.5, 0.6) is 0 Å². The number of hydrogen-bond acceptors (Lipinski definition) is 0. The standard InChI is InChI=1S/C12H14/c1-9-8-10-6-4-5-7-11(10)12(9,2)3/h4-8H,1-3H3. The van der Waals surface area contributed by atoms with Gasteiger partial charge in [0.2, 0.25) is 0 Å². The van der Waals surface area contributed by atoms with Crippen LogP contribution in [0.15, 0.2) is 29.8 Å². The van der Waals surface area contributed by atoms with Gasteiger partial charge in [0.15, 0.2) is 0 Å². The fourth-order valence-corrected chi connectivity index (χ4v) is 1.82. The van der Waals surface area contributed by atoms with Crippen LogP contribution in [0, 0.1) is 0 Å². The number of allylic oxidation sites excluding steroid dienone is 1. The minimum atomic E-state index is 0.247. The highest BCUT2D eigenvalue weighted by atomic mass is 14.3. The average molecular weight is 158 g/mol. The lowest BCUT2D eigenvalue weighted by Gasteiger charge is -2.21. The van der Waals surface area contributed by atoms with Crippen LogP contribution in [-0.2, 0) is 5.41 Å². The summed E-state index contributed by atoms with van der Waals surface area (Å²) in [6, 6.07) is 8.63. The zero-order valence-corrected chi connectivity index (χ0v) is 7.89. The van der Waals surface area contributed by atoms with Crippen molar-refractivity contribution in [3.8, 4) is 0 Å². The average Bonchev–Trinajstić information content (AvgIpc) is 2.25. The Balaban J connectivity index is 2.66. The molecule has 0 saturated carbocycles. The molecule has 0 aromatic heterocycles. The summed E-state index contributed by atoms with van der Waals surface area (Å²) >= 11 is 0. The van der Waals surface area contributed by atoms with Crippen molar-refractivity contribution in [2.24, 2.45) is 0 Å². The molecule has 62 valence electrons. The van der Waals surface area contributed by atoms with E-state index in [1.54, 1.807) is 0 Å². The fourth-order valence-electron chi connectivity index (χ4n) is 1.82. The summed E-state index contributed by atoms with van der Waals surface area (Å²) in [6.07, 6.45) is 2.29. The summed E-state index contributed by atoms with van der Waals surface area (Å²) in [7, 11) is 0. The van der Waals surface area contributed by atoms with E-state index in [4.69, 9.17) is 0 Å². The van der Waals surface area contributed by atoms with Gasteiger partial charge in [-0.05, 0) is 18.1 Å². The molecule has 0 radical (unpaired) electrons. The van der Waals surface area contributed by atoms with Gasteiger partial charge in [-0.1, -0.05) is 49.8 Å². The van der Waals surface area contributed by atoms with Crippen molar-refractivity contribution in [2.45, 2.75) is 26.2 Å². The van der Waals surface area contributed by atoms with Crippen LogP contribution in [0.1, 0.15) is 31.9 Å². The predicted octanol–water partition coefficient (Wildman–Crippen LogP) is 3.38. The van der Waals surface area contributed by atoms with Crippen LogP contribution in [0.3, 0.4) is 0 Å². The minimum absolute atomic E-state index is 0.247. The summed E-state index contributed by atoms with van der Waals surface area (Å²) in [5, 5.41) is 0. The molecule has 0 heterocycles. The van der Waals surface area contributed by atoms with Crippen LogP contribution in [0.2, 0.25) is 0 Å². The smallest absolute Gasteiger partial charge is 0.0112 e. The van der Waals surface area contributed by atoms with Gasteiger partial charge in [0.1, 0.15) is 0 Å². The molecule has 0 N–H and O–H groups in total. The molecule has 0 saturated heterocycles. The summed E-state index contributed by atoms with van der Waals surface area (Å²) in [5.41, 5.74) is 4.56. The Hall–Kier alpha value is -1.04. The van der Waals surface area contributed by atoms with E-state index in [0.29, 0.717) is 0 Å². The molecule has 2 rings (SSSR count). The molecule has 0 heteroatoms. The lowest BCUT2D eigenvalue weighted by atomic mass is 9.82. The first-order chi connectivity index (χ1) is 5.62. The highest BCUT2D eigenvalue weighted by Crippen LogP contribution is 2.40. The van der Waals surface area contributed by atoms with Gasteiger partial charge in [-0.3, -0.25) is 0 Å². The van der Waals surface area contributed by atoms with Gasteiger partial charge in [0.25, 0.3) is 0 Å². The number of hydrogen-bond donors (Lipinski definition) is 0. The van der Waals surface area contributed by atoms with Crippen LogP contribution < -0.4 is 0 Å². The van der Waals surface area contributed by atoms with Crippen molar-refractivity contribution in [1.29, 1.82) is 0 Å². The molecule has 0 bridgehead atoms. The molecule has 0 aliphatic heterocycles. The molecular weight excluding hydrogens is 144 g/mol. The van der Waals surface area contributed by atoms with E-state index >= 15 is 0 Å². The molecule has 0 nitrogen and oxygen atoms in total. The second kappa shape index (κ2) is 2.22. The van der Waals surface area contributed by atoms with Gasteiger partial charge in [0.05, 0.1) is 0 Å². The first-order valence-corrected chi connectivity index (χ1v) is 4.40. The van der Waals surface area contributed by atoms with E-state index in [2.05, 4.69) is 51.1 Å². The SMILES string of the molecule is CC1=Cc2ccccc2C1(C)C. The summed E-state index contributed by atoms with van der Waals surface area (Å²) in [5.74, 6) is 0. The quantitative estimate of drug-likeness (QED) is 0.543. The summed E-state index contributed by atoms with van der Waals surface area (Å²) in [4.78, 5) is 0. The normalized spacial score (nSPS) is 18.8. The van der Waals surface area contributed by atoms with E-state index in [0.717, 1.165) is 0 Å². The Kier molecular flexibility index (Phi) is 1.41. The second-order valence-electron chi connectivity index (χ2n) is 4.04. The molecule has 0 unspecified atom stereocenters. The van der Waals surface area contributed by atoms with E-state index < -0.39 is 0 Å². The monoisotopic (exact) mass is 158 g/mol. The third-order valence-electron chi connectivity index (χ3n) is 2.99. The Morgan fingerprint density at radius 1 is 1.08 bits per heavy atom. The number of benzene rings is 1. The first-order valence-electron chi connectivity index (χ1n) is 4.40. The van der Waals surface area contributed by atoms with Crippen molar-refractivity contribution in [3.05, 3.63) is 41.0 Å². The molecular formula is C12H14. The van der Waals surface area contributed by atoms with Crippen molar-refractivity contribution in [3.63, 3.8) is 0 Å². The lowest BCUT2D eigenvalue weighted by Crippen LogP contribution is -2.14. The third kappa shape index (κ3) is 0.842. The molecule has 0 atom stereocenters. The molecule has 1 aromatic rings. The molecule has 1 aliphatic carbocycles. The van der Waals surface area contributed by atoms with E-state index in [9.17, 15) is 0 Å². The minimum Gasteiger partial charge on any atom is -0.0627 e. The Morgan fingerprint density at radius 3 is 2.42 bits per heavy atom. The zero-order valence-electron chi connectivity index (χ0n) is 7.89. The number of fused-ring (bicyclic) bond motifs is 1. The maximum absolute atomic E-state index is 2.29. The Bertz CT molecular complexity index is 343. The second-order valence-corrected chi connectivity index (χ2v) is 4.04. The molecule has 0 fully saturated rings. The highest BCUT2D eigenvalue weighted by molar-refractivity contribution is 5.68. The van der Waals surface area contributed by atoms with Crippen molar-refractivity contribution in [1.82, 2.24) is 0 Å². The highest BCUT2D eigenvalue weighted by Gasteiger charge is 2.29. The van der Waals surface area contributed by atoms with Crippen molar-refractivity contribution < 1.29 is 0 Å². The molecule has 12 heavy (non-hydrogen) atoms. The lowest BCUT2D eigenvalue weighted by molar-refractivity contribution is 0.640. The predicted molar refractivity (Wildman–Crippen MR) is 53.1 cm³/mol. The van der Waals surface area contributed by atoms with E-state index in [1.165, 1.54) is 16.7 Å². The van der Waals surface area contributed by atoms with Crippen LogP contribution in [0.4, 0.5) is 0 Å². The van der Waals surface area contributed by atoms with Crippen LogP contribution >= 0.6 is 0 Å². The Morgan fingerprint density at radius 2 is 1.75 bits per heavy atom. The van der Waals surface area contributed by atoms with Gasteiger partial charge in [0, 0.05) is 5.41 Å². The van der Waals surface area contributed by atoms with Crippen molar-refractivity contribution >= 4 is 6.08 Å². The van der Waals surface area contributed by atoms with E-state index in [-0.39, 0.29) is 5.41 Å². The summed E-state index contributed by atoms with van der Waals surface area (Å²) < 4.78 is 0. The molecule has 0 amide bonds. The van der Waals surface area contributed by atoms with Crippen molar-refractivity contribution in [2.75, 3.05) is 0 Å². The maximum atomic E-state index is 2.29. The van der Waals surface area contributed by atoms with Gasteiger partial charge < -0.3 is 0 Å². The Labute approximate surface area is 73.9 Å². The topological polar surface area (TPSA) is 0 Å². The van der Waals surface area contributed by atoms with Crippen LogP contribution in [0.25, 0.3) is 6.08 Å². The molecule has 1 aliphatic rings. The summed E-state index contributed by atoms with van der Waals surface area (Å²) in [6.45, 7) is 6.77. The van der Waals surface area contributed by atoms with Gasteiger partial charge >= 0.3 is 0 Å².